The molecule has 3 N–H and O–H groups in total. The highest BCUT2D eigenvalue weighted by Gasteiger charge is 2.39. The summed E-state index contributed by atoms with van der Waals surface area (Å²) < 4.78 is 26.6. The number of rotatable bonds is 6. The van der Waals surface area contributed by atoms with Gasteiger partial charge in [-0.1, -0.05) is 13.3 Å². The fraction of sp³-hybridized carbons (Fsp3) is 0.636. The van der Waals surface area contributed by atoms with Gasteiger partial charge in [0.1, 0.15) is 0 Å². The van der Waals surface area contributed by atoms with Crippen LogP contribution in [0.2, 0.25) is 0 Å². The van der Waals surface area contributed by atoms with Crippen LogP contribution in [0.1, 0.15) is 31.9 Å². The van der Waals surface area contributed by atoms with Crippen molar-refractivity contribution in [3.8, 4) is 0 Å². The summed E-state index contributed by atoms with van der Waals surface area (Å²) in [5.41, 5.74) is 0.506. The molecule has 5 nitrogen and oxygen atoms in total. The molecule has 1 saturated carbocycles. The average Bonchev–Trinajstić information content (AvgIpc) is 2.84. The van der Waals surface area contributed by atoms with E-state index in [0.717, 1.165) is 19.3 Å². The maximum Gasteiger partial charge on any atom is 0.242 e. The lowest BCUT2D eigenvalue weighted by atomic mass is 10.2. The Balaban J connectivity index is 2.00. The molecule has 1 aromatic rings. The highest BCUT2D eigenvalue weighted by atomic mass is 32.2. The minimum atomic E-state index is -3.43. The molecule has 6 heteroatoms. The summed E-state index contributed by atoms with van der Waals surface area (Å²) >= 11 is 0. The Morgan fingerprint density at radius 3 is 2.94 bits per heavy atom. The lowest BCUT2D eigenvalue weighted by molar-refractivity contribution is 0.277. The quantitative estimate of drug-likeness (QED) is 0.711. The van der Waals surface area contributed by atoms with Gasteiger partial charge in [0.05, 0.1) is 11.5 Å². The van der Waals surface area contributed by atoms with Crippen molar-refractivity contribution in [3.63, 3.8) is 0 Å². The third-order valence-corrected chi connectivity index (χ3v) is 4.55. The molecule has 0 radical (unpaired) electrons. The largest absolute Gasteiger partial charge is 0.390 e. The lowest BCUT2D eigenvalue weighted by Crippen LogP contribution is -2.26. The molecule has 2 atom stereocenters. The first kappa shape index (κ1) is 12.6. The van der Waals surface area contributed by atoms with Gasteiger partial charge in [0.15, 0.2) is 0 Å². The van der Waals surface area contributed by atoms with Gasteiger partial charge in [0.2, 0.25) is 10.0 Å². The van der Waals surface area contributed by atoms with Crippen LogP contribution in [0.4, 0.5) is 0 Å². The molecule has 0 amide bonds. The molecule has 0 bridgehead atoms. The van der Waals surface area contributed by atoms with E-state index in [9.17, 15) is 8.42 Å². The van der Waals surface area contributed by atoms with Crippen molar-refractivity contribution in [2.24, 2.45) is 5.92 Å². The Morgan fingerprint density at radius 1 is 1.59 bits per heavy atom. The first-order valence-corrected chi connectivity index (χ1v) is 7.35. The summed E-state index contributed by atoms with van der Waals surface area (Å²) in [5, 5.41) is 8.88. The van der Waals surface area contributed by atoms with Gasteiger partial charge < -0.3 is 10.1 Å². The second-order valence-corrected chi connectivity index (χ2v) is 6.24. The van der Waals surface area contributed by atoms with Gasteiger partial charge >= 0.3 is 0 Å². The van der Waals surface area contributed by atoms with Crippen LogP contribution in [0.15, 0.2) is 17.2 Å². The normalized spacial score (nSPS) is 23.9. The summed E-state index contributed by atoms with van der Waals surface area (Å²) in [4.78, 5) is 2.92. The molecule has 1 heterocycles. The molecule has 0 spiro atoms. The first-order valence-electron chi connectivity index (χ1n) is 5.87. The zero-order valence-electron chi connectivity index (χ0n) is 9.81. The number of nitrogens with one attached hydrogen (secondary N) is 2. The molecular weight excluding hydrogens is 240 g/mol. The Labute approximate surface area is 101 Å². The number of sulfonamides is 1. The van der Waals surface area contributed by atoms with E-state index in [-0.39, 0.29) is 17.5 Å². The van der Waals surface area contributed by atoms with E-state index in [1.54, 1.807) is 0 Å². The van der Waals surface area contributed by atoms with Gasteiger partial charge in [0.25, 0.3) is 0 Å². The van der Waals surface area contributed by atoms with Crippen LogP contribution in [0.3, 0.4) is 0 Å². The molecule has 2 rings (SSSR count). The second-order valence-electron chi connectivity index (χ2n) is 4.53. The lowest BCUT2D eigenvalue weighted by Gasteiger charge is -2.03. The number of H-pyrrole nitrogens is 1. The number of hydrogen-bond acceptors (Lipinski definition) is 3. The van der Waals surface area contributed by atoms with Gasteiger partial charge in [-0.25, -0.2) is 13.1 Å². The SMILES string of the molecule is CCCC1CC1NS(=O)(=O)c1c[nH]c(CO)c1. The van der Waals surface area contributed by atoms with Crippen LogP contribution in [0.25, 0.3) is 0 Å². The van der Waals surface area contributed by atoms with E-state index in [2.05, 4.69) is 16.6 Å². The summed E-state index contributed by atoms with van der Waals surface area (Å²) in [6, 6.07) is 1.55. The highest BCUT2D eigenvalue weighted by molar-refractivity contribution is 7.89. The Bertz CT molecular complexity index is 481. The molecule has 17 heavy (non-hydrogen) atoms. The summed E-state index contributed by atoms with van der Waals surface area (Å²) in [6.45, 7) is 1.92. The van der Waals surface area contributed by atoms with Gasteiger partial charge in [0, 0.05) is 17.9 Å². The number of aromatic nitrogens is 1. The van der Waals surface area contributed by atoms with E-state index in [1.165, 1.54) is 12.3 Å². The van der Waals surface area contributed by atoms with Crippen molar-refractivity contribution in [1.82, 2.24) is 9.71 Å². The topological polar surface area (TPSA) is 82.2 Å². The Morgan fingerprint density at radius 2 is 2.35 bits per heavy atom. The van der Waals surface area contributed by atoms with Crippen LogP contribution >= 0.6 is 0 Å². The summed E-state index contributed by atoms with van der Waals surface area (Å²) in [5.74, 6) is 0.492. The van der Waals surface area contributed by atoms with Crippen molar-refractivity contribution in [2.75, 3.05) is 0 Å². The number of aliphatic hydroxyl groups excluding tert-OH is 1. The highest BCUT2D eigenvalue weighted by Crippen LogP contribution is 2.35. The first-order chi connectivity index (χ1) is 8.06. The van der Waals surface area contributed by atoms with Crippen LogP contribution in [-0.4, -0.2) is 24.6 Å². The fourth-order valence-electron chi connectivity index (χ4n) is 2.01. The van der Waals surface area contributed by atoms with E-state index in [4.69, 9.17) is 5.11 Å². The monoisotopic (exact) mass is 258 g/mol. The summed E-state index contributed by atoms with van der Waals surface area (Å²) in [7, 11) is -3.43. The standard InChI is InChI=1S/C11H18N2O3S/c1-2-3-8-4-11(8)13-17(15,16)10-5-9(7-14)12-6-10/h5-6,8,11-14H,2-4,7H2,1H3. The molecule has 1 aliphatic carbocycles. The minimum absolute atomic E-state index is 0.0902. The minimum Gasteiger partial charge on any atom is -0.390 e. The van der Waals surface area contributed by atoms with Crippen LogP contribution in [0.5, 0.6) is 0 Å². The van der Waals surface area contributed by atoms with Crippen molar-refractivity contribution < 1.29 is 13.5 Å². The number of aromatic amines is 1. The fourth-order valence-corrected chi connectivity index (χ4v) is 3.35. The molecule has 2 unspecified atom stereocenters. The van der Waals surface area contributed by atoms with Crippen molar-refractivity contribution in [1.29, 1.82) is 0 Å². The van der Waals surface area contributed by atoms with Crippen molar-refractivity contribution >= 4 is 10.0 Å². The molecule has 96 valence electrons. The zero-order valence-corrected chi connectivity index (χ0v) is 10.6. The van der Waals surface area contributed by atoms with Gasteiger partial charge in [-0.15, -0.1) is 0 Å². The number of aliphatic hydroxyl groups is 1. The van der Waals surface area contributed by atoms with E-state index >= 15 is 0 Å². The summed E-state index contributed by atoms with van der Waals surface area (Å²) in [6.07, 6.45) is 4.50. The van der Waals surface area contributed by atoms with E-state index in [1.807, 2.05) is 0 Å². The Kier molecular flexibility index (Phi) is 3.56. The molecule has 1 aromatic heterocycles. The average molecular weight is 258 g/mol. The van der Waals surface area contributed by atoms with E-state index < -0.39 is 10.0 Å². The molecule has 1 aliphatic rings. The van der Waals surface area contributed by atoms with Crippen LogP contribution < -0.4 is 4.72 Å². The maximum absolute atomic E-state index is 11.9. The smallest absolute Gasteiger partial charge is 0.242 e. The van der Waals surface area contributed by atoms with Crippen molar-refractivity contribution in [2.45, 2.75) is 43.7 Å². The maximum atomic E-state index is 11.9. The molecule has 0 saturated heterocycles. The molecule has 0 aliphatic heterocycles. The molecule has 0 aromatic carbocycles. The van der Waals surface area contributed by atoms with Crippen LogP contribution in [0, 0.1) is 5.92 Å². The number of hydrogen-bond donors (Lipinski definition) is 3. The predicted octanol–water partition coefficient (Wildman–Crippen LogP) is 0.974. The van der Waals surface area contributed by atoms with Crippen molar-refractivity contribution in [3.05, 3.63) is 18.0 Å². The van der Waals surface area contributed by atoms with E-state index in [0.29, 0.717) is 11.6 Å². The third-order valence-electron chi connectivity index (χ3n) is 3.09. The third kappa shape index (κ3) is 2.88. The predicted molar refractivity (Wildman–Crippen MR) is 63.8 cm³/mol. The van der Waals surface area contributed by atoms with Gasteiger partial charge in [-0.3, -0.25) is 0 Å². The second kappa shape index (κ2) is 4.80. The molecule has 1 fully saturated rings. The zero-order chi connectivity index (χ0) is 12.5. The van der Waals surface area contributed by atoms with Gasteiger partial charge in [-0.05, 0) is 24.8 Å². The Hall–Kier alpha value is -0.850. The van der Waals surface area contributed by atoms with Crippen LogP contribution in [-0.2, 0) is 16.6 Å². The molecular formula is C11H18N2O3S. The van der Waals surface area contributed by atoms with Gasteiger partial charge in [-0.2, -0.15) is 0 Å².